The largest absolute Gasteiger partial charge is 0.359 e. The number of likely N-dealkylation sites (N-methyl/N-ethyl adjacent to an activating group) is 1. The fourth-order valence-corrected chi connectivity index (χ4v) is 3.58. The molecule has 3 aromatic rings. The van der Waals surface area contributed by atoms with Crippen LogP contribution in [0, 0.1) is 5.82 Å². The first kappa shape index (κ1) is 19.5. The topological polar surface area (TPSA) is 48.6 Å². The second-order valence-electron chi connectivity index (χ2n) is 7.41. The number of anilines is 1. The normalized spacial score (nSPS) is 15.2. The summed E-state index contributed by atoms with van der Waals surface area (Å²) < 4.78 is 19.3. The molecule has 0 radical (unpaired) electrons. The van der Waals surface area contributed by atoms with E-state index < -0.39 is 0 Å². The maximum Gasteiger partial charge on any atom is 0.151 e. The summed E-state index contributed by atoms with van der Waals surface area (Å²) in [4.78, 5) is 11.4. The van der Waals surface area contributed by atoms with E-state index in [-0.39, 0.29) is 5.82 Å². The highest BCUT2D eigenvalue weighted by Crippen LogP contribution is 2.22. The Morgan fingerprint density at radius 2 is 1.86 bits per heavy atom. The number of nitrogens with zero attached hydrogens (tertiary/aromatic N) is 5. The second-order valence-corrected chi connectivity index (χ2v) is 7.41. The van der Waals surface area contributed by atoms with Gasteiger partial charge in [0.25, 0.3) is 0 Å². The molecular formula is C22H26FN5O. The van der Waals surface area contributed by atoms with Crippen molar-refractivity contribution in [2.45, 2.75) is 6.54 Å². The van der Waals surface area contributed by atoms with Crippen molar-refractivity contribution in [1.82, 2.24) is 19.9 Å². The molecule has 0 bridgehead atoms. The molecule has 1 aromatic carbocycles. The molecule has 3 heterocycles. The number of benzene rings is 1. The number of hydrogen-bond acceptors (Lipinski definition) is 6. The monoisotopic (exact) mass is 395 g/mol. The average molecular weight is 395 g/mol. The van der Waals surface area contributed by atoms with Crippen LogP contribution in [-0.4, -0.2) is 66.3 Å². The summed E-state index contributed by atoms with van der Waals surface area (Å²) >= 11 is 0. The van der Waals surface area contributed by atoms with Gasteiger partial charge in [-0.3, -0.25) is 9.80 Å². The molecule has 29 heavy (non-hydrogen) atoms. The number of piperazine rings is 1. The summed E-state index contributed by atoms with van der Waals surface area (Å²) in [5, 5.41) is 4.02. The van der Waals surface area contributed by atoms with Crippen LogP contribution >= 0.6 is 0 Å². The fraction of sp³-hybridized carbons (Fsp3) is 0.364. The molecule has 0 amide bonds. The van der Waals surface area contributed by atoms with Gasteiger partial charge in [0.2, 0.25) is 0 Å². The van der Waals surface area contributed by atoms with Crippen molar-refractivity contribution in [2.24, 2.45) is 0 Å². The number of hydrogen-bond donors (Lipinski definition) is 0. The molecule has 0 spiro atoms. The van der Waals surface area contributed by atoms with Gasteiger partial charge in [0.15, 0.2) is 5.76 Å². The van der Waals surface area contributed by atoms with E-state index in [0.29, 0.717) is 17.8 Å². The first-order chi connectivity index (χ1) is 14.2. The van der Waals surface area contributed by atoms with E-state index in [4.69, 9.17) is 4.52 Å². The van der Waals surface area contributed by atoms with Crippen molar-refractivity contribution < 1.29 is 8.91 Å². The zero-order valence-corrected chi connectivity index (χ0v) is 16.7. The van der Waals surface area contributed by atoms with Gasteiger partial charge in [-0.1, -0.05) is 23.4 Å². The van der Waals surface area contributed by atoms with Crippen LogP contribution in [0.15, 0.2) is 59.3 Å². The van der Waals surface area contributed by atoms with E-state index in [2.05, 4.69) is 38.0 Å². The zero-order chi connectivity index (χ0) is 20.1. The summed E-state index contributed by atoms with van der Waals surface area (Å²) in [6.45, 7) is 6.63. The standard InChI is InChI=1S/C22H26FN5O/c1-26(17-18-16-21(25-29-18)19-6-2-3-7-20(19)23)10-11-27-12-14-28(15-13-27)22-8-4-5-9-24-22/h2-9,16H,10-15,17H2,1H3. The molecule has 0 aliphatic carbocycles. The minimum Gasteiger partial charge on any atom is -0.359 e. The third kappa shape index (κ3) is 4.99. The molecule has 6 nitrogen and oxygen atoms in total. The van der Waals surface area contributed by atoms with Gasteiger partial charge in [-0.05, 0) is 31.3 Å². The van der Waals surface area contributed by atoms with Crippen molar-refractivity contribution in [3.05, 3.63) is 66.3 Å². The van der Waals surface area contributed by atoms with Gasteiger partial charge in [-0.25, -0.2) is 9.37 Å². The molecule has 1 aliphatic rings. The van der Waals surface area contributed by atoms with Gasteiger partial charge in [0, 0.05) is 57.1 Å². The highest BCUT2D eigenvalue weighted by atomic mass is 19.1. The molecule has 4 rings (SSSR count). The summed E-state index contributed by atoms with van der Waals surface area (Å²) in [5.41, 5.74) is 1.01. The van der Waals surface area contributed by atoms with Crippen molar-refractivity contribution in [2.75, 3.05) is 51.2 Å². The minimum atomic E-state index is -0.287. The Morgan fingerprint density at radius 1 is 1.07 bits per heavy atom. The molecule has 1 saturated heterocycles. The molecule has 1 aliphatic heterocycles. The van der Waals surface area contributed by atoms with Gasteiger partial charge >= 0.3 is 0 Å². The summed E-state index contributed by atoms with van der Waals surface area (Å²) in [5.74, 6) is 1.51. The van der Waals surface area contributed by atoms with E-state index >= 15 is 0 Å². The third-order valence-electron chi connectivity index (χ3n) is 5.28. The van der Waals surface area contributed by atoms with E-state index in [1.54, 1.807) is 18.2 Å². The molecule has 0 N–H and O–H groups in total. The van der Waals surface area contributed by atoms with Gasteiger partial charge in [0.05, 0.1) is 6.54 Å². The van der Waals surface area contributed by atoms with Crippen LogP contribution in [0.4, 0.5) is 10.2 Å². The highest BCUT2D eigenvalue weighted by Gasteiger charge is 2.18. The van der Waals surface area contributed by atoms with Crippen molar-refractivity contribution in [3.63, 3.8) is 0 Å². The van der Waals surface area contributed by atoms with E-state index in [9.17, 15) is 4.39 Å². The Balaban J connectivity index is 1.23. The van der Waals surface area contributed by atoms with Gasteiger partial charge in [-0.2, -0.15) is 0 Å². The Morgan fingerprint density at radius 3 is 2.62 bits per heavy atom. The fourth-order valence-electron chi connectivity index (χ4n) is 3.58. The van der Waals surface area contributed by atoms with E-state index in [0.717, 1.165) is 50.8 Å². The predicted molar refractivity (Wildman–Crippen MR) is 111 cm³/mol. The lowest BCUT2D eigenvalue weighted by atomic mass is 10.1. The van der Waals surface area contributed by atoms with Crippen LogP contribution in [0.2, 0.25) is 0 Å². The zero-order valence-electron chi connectivity index (χ0n) is 16.7. The van der Waals surface area contributed by atoms with Crippen LogP contribution in [0.3, 0.4) is 0 Å². The molecule has 0 unspecified atom stereocenters. The quantitative estimate of drug-likeness (QED) is 0.613. The van der Waals surface area contributed by atoms with Gasteiger partial charge < -0.3 is 9.42 Å². The molecule has 2 aromatic heterocycles. The van der Waals surface area contributed by atoms with Gasteiger partial charge in [0.1, 0.15) is 17.3 Å². The third-order valence-corrected chi connectivity index (χ3v) is 5.28. The highest BCUT2D eigenvalue weighted by molar-refractivity contribution is 5.59. The Hall–Kier alpha value is -2.77. The molecule has 0 atom stereocenters. The number of pyridine rings is 1. The molecule has 0 saturated carbocycles. The first-order valence-electron chi connectivity index (χ1n) is 9.96. The number of rotatable bonds is 7. The number of halogens is 1. The van der Waals surface area contributed by atoms with Crippen molar-refractivity contribution in [3.8, 4) is 11.3 Å². The Kier molecular flexibility index (Phi) is 6.17. The predicted octanol–water partition coefficient (Wildman–Crippen LogP) is 3.13. The minimum absolute atomic E-state index is 0.287. The molecule has 7 heteroatoms. The van der Waals surface area contributed by atoms with Gasteiger partial charge in [-0.15, -0.1) is 0 Å². The van der Waals surface area contributed by atoms with E-state index in [1.165, 1.54) is 6.07 Å². The van der Waals surface area contributed by atoms with Crippen LogP contribution in [0.5, 0.6) is 0 Å². The van der Waals surface area contributed by atoms with E-state index in [1.807, 2.05) is 24.4 Å². The maximum atomic E-state index is 13.9. The lowest BCUT2D eigenvalue weighted by Crippen LogP contribution is -2.48. The van der Waals surface area contributed by atoms with Crippen LogP contribution < -0.4 is 4.90 Å². The first-order valence-corrected chi connectivity index (χ1v) is 9.96. The molecule has 152 valence electrons. The smallest absolute Gasteiger partial charge is 0.151 e. The number of aromatic nitrogens is 2. The van der Waals surface area contributed by atoms with Crippen molar-refractivity contribution in [1.29, 1.82) is 0 Å². The van der Waals surface area contributed by atoms with Crippen LogP contribution in [0.25, 0.3) is 11.3 Å². The Bertz CT molecular complexity index is 908. The summed E-state index contributed by atoms with van der Waals surface area (Å²) in [7, 11) is 2.06. The second kappa shape index (κ2) is 9.15. The lowest BCUT2D eigenvalue weighted by Gasteiger charge is -2.36. The average Bonchev–Trinajstić information content (AvgIpc) is 3.22. The lowest BCUT2D eigenvalue weighted by molar-refractivity contribution is 0.201. The molecule has 1 fully saturated rings. The summed E-state index contributed by atoms with van der Waals surface area (Å²) in [6.07, 6.45) is 1.84. The van der Waals surface area contributed by atoms with Crippen LogP contribution in [-0.2, 0) is 6.54 Å². The van der Waals surface area contributed by atoms with Crippen molar-refractivity contribution >= 4 is 5.82 Å². The van der Waals surface area contributed by atoms with Crippen LogP contribution in [0.1, 0.15) is 5.76 Å². The SMILES string of the molecule is CN(CCN1CCN(c2ccccn2)CC1)Cc1cc(-c2ccccc2F)no1. The maximum absolute atomic E-state index is 13.9. The summed E-state index contributed by atoms with van der Waals surface area (Å²) in [6, 6.07) is 14.5. The Labute approximate surface area is 170 Å². The molecular weight excluding hydrogens is 369 g/mol.